The maximum atomic E-state index is 11.0. The van der Waals surface area contributed by atoms with Gasteiger partial charge in [0.15, 0.2) is 18.3 Å². The number of carbonyl (C=O) groups excluding carboxylic acids is 2. The van der Waals surface area contributed by atoms with E-state index >= 15 is 0 Å². The van der Waals surface area contributed by atoms with Gasteiger partial charge in [-0.3, -0.25) is 18.5 Å². The van der Waals surface area contributed by atoms with E-state index in [4.69, 9.17) is 23.2 Å². The molecular formula is C61H42FN3NaO5PS8. The number of halogens is 1. The molecule has 8 aromatic heterocycles. The zero-order valence-corrected chi connectivity index (χ0v) is 52.2. The van der Waals surface area contributed by atoms with Gasteiger partial charge in [0.05, 0.1) is 73.5 Å². The average Bonchev–Trinajstić information content (AvgIpc) is 4.49. The van der Waals surface area contributed by atoms with E-state index < -0.39 is 7.15 Å². The minimum atomic E-state index is -1.00. The first kappa shape index (κ1) is 58.7. The van der Waals surface area contributed by atoms with Crippen molar-refractivity contribution in [2.45, 2.75) is 20.5 Å². The molecular weight excluding hydrogens is 1180 g/mol. The Hall–Kier alpha value is -5.98. The molecule has 80 heavy (non-hydrogen) atoms. The molecule has 0 radical (unpaired) electrons. The van der Waals surface area contributed by atoms with Gasteiger partial charge in [-0.05, 0) is 115 Å². The molecule has 0 atom stereocenters. The first-order valence-corrected chi connectivity index (χ1v) is 31.1. The van der Waals surface area contributed by atoms with Gasteiger partial charge in [-0.1, -0.05) is 60.7 Å². The molecule has 13 rings (SSSR count). The van der Waals surface area contributed by atoms with Crippen molar-refractivity contribution in [3.8, 4) is 12.1 Å². The molecule has 0 saturated carbocycles. The summed E-state index contributed by atoms with van der Waals surface area (Å²) in [6.07, 6.45) is 10.4. The Morgan fingerprint density at radius 1 is 0.562 bits per heavy atom. The van der Waals surface area contributed by atoms with Crippen LogP contribution in [0.2, 0.25) is 0 Å². The third kappa shape index (κ3) is 13.8. The van der Waals surface area contributed by atoms with E-state index in [0.717, 1.165) is 52.2 Å². The Kier molecular flexibility index (Phi) is 21.0. The van der Waals surface area contributed by atoms with Crippen LogP contribution in [0.25, 0.3) is 107 Å². The van der Waals surface area contributed by atoms with Crippen LogP contribution in [0.4, 0.5) is 10.1 Å². The van der Waals surface area contributed by atoms with Crippen molar-refractivity contribution in [3.63, 3.8) is 0 Å². The Bertz CT molecular complexity index is 4300. The second-order valence-electron chi connectivity index (χ2n) is 16.7. The molecule has 8 nitrogen and oxygen atoms in total. The predicted molar refractivity (Wildman–Crippen MR) is 342 cm³/mol. The van der Waals surface area contributed by atoms with Crippen LogP contribution in [0.3, 0.4) is 0 Å². The van der Waals surface area contributed by atoms with Gasteiger partial charge in [0, 0.05) is 82.1 Å². The predicted octanol–water partition coefficient (Wildman–Crippen LogP) is 18.5. The molecule has 0 fully saturated rings. The first-order valence-electron chi connectivity index (χ1n) is 24.6. The summed E-state index contributed by atoms with van der Waals surface area (Å²) in [6, 6.07) is 44.2. The van der Waals surface area contributed by atoms with Gasteiger partial charge in [-0.15, -0.1) is 90.7 Å². The Morgan fingerprint density at radius 2 is 0.912 bits per heavy atom. The molecule has 0 N–H and O–H groups in total. The van der Waals surface area contributed by atoms with E-state index in [1.807, 2.05) is 126 Å². The molecule has 0 bridgehead atoms. The van der Waals surface area contributed by atoms with Gasteiger partial charge in [-0.2, -0.15) is 10.5 Å². The number of ether oxygens (including phenoxy) is 1. The van der Waals surface area contributed by atoms with Crippen molar-refractivity contribution in [2.75, 3.05) is 20.4 Å². The molecule has 0 unspecified atom stereocenters. The Labute approximate surface area is 518 Å². The second-order valence-corrected chi connectivity index (χ2v) is 25.8. The third-order valence-corrected chi connectivity index (χ3v) is 21.4. The SMILES string of the molecule is CCOCC.N#Cc1ccc(COP=O)cc1.O=Cc1cc2sc3cc4c(cc3c2s1)sc1cc(C=O)sc14.[2H]CF.[C-]#[N+]c1ccc(/C=C/c2cc3sc4cc5c(cc4c3s2)sc2cc(/C=C/c3ccc(C#N)cc3)sc25)cc1.[H-].[Na+]. The van der Waals surface area contributed by atoms with E-state index in [1.165, 1.54) is 87.7 Å². The fraction of sp³-hybridized carbons (Fsp3) is 0.0984. The molecule has 392 valence electrons. The zero-order chi connectivity index (χ0) is 56.1. The maximum absolute atomic E-state index is 11.0. The van der Waals surface area contributed by atoms with E-state index in [9.17, 15) is 18.5 Å². The van der Waals surface area contributed by atoms with Crippen LogP contribution in [0.1, 0.15) is 73.6 Å². The number of hydrogen-bond acceptors (Lipinski definition) is 15. The van der Waals surface area contributed by atoms with Crippen LogP contribution in [-0.4, -0.2) is 32.9 Å². The third-order valence-electron chi connectivity index (χ3n) is 11.8. The first-order chi connectivity index (χ1) is 39.1. The van der Waals surface area contributed by atoms with Crippen LogP contribution in [0.5, 0.6) is 0 Å². The molecule has 0 aliphatic heterocycles. The molecule has 0 amide bonds. The monoisotopic (exact) mass is 1230 g/mol. The van der Waals surface area contributed by atoms with Crippen LogP contribution in [-0.2, 0) is 20.4 Å². The molecule has 19 heteroatoms. The van der Waals surface area contributed by atoms with Crippen LogP contribution in [0, 0.1) is 29.2 Å². The van der Waals surface area contributed by atoms with Crippen molar-refractivity contribution in [3.05, 3.63) is 180 Å². The van der Waals surface area contributed by atoms with E-state index in [1.54, 1.807) is 69.6 Å². The Balaban J connectivity index is 0.000000185. The van der Waals surface area contributed by atoms with Crippen molar-refractivity contribution in [1.82, 2.24) is 0 Å². The second kappa shape index (κ2) is 28.6. The number of nitriles is 2. The zero-order valence-electron chi connectivity index (χ0n) is 44.8. The summed E-state index contributed by atoms with van der Waals surface area (Å²) >= 11 is 14.0. The van der Waals surface area contributed by atoms with Gasteiger partial charge in [0.2, 0.25) is 0 Å². The molecule has 8 heterocycles. The number of benzene rings is 5. The number of nitrogens with zero attached hydrogens (tertiary/aromatic N) is 3. The summed E-state index contributed by atoms with van der Waals surface area (Å²) in [4.78, 5) is 29.4. The summed E-state index contributed by atoms with van der Waals surface area (Å²) in [5, 5.41) is 22.6. The number of rotatable bonds is 11. The van der Waals surface area contributed by atoms with Gasteiger partial charge >= 0.3 is 38.2 Å². The fourth-order valence-electron chi connectivity index (χ4n) is 8.21. The van der Waals surface area contributed by atoms with Crippen molar-refractivity contribution in [2.24, 2.45) is 0 Å². The number of fused-ring (bicyclic) bond motifs is 12. The number of carbonyl (C=O) groups is 2. The molecule has 5 aromatic carbocycles. The standard InChI is InChI=1S/C32H16N2S4.C16H6O2S4.C8H6NO2P.C4H10O.CH3F.Na.H/c1-34-22-10-6-20(7-11-22)9-13-24-15-30-32(36-24)26-17-27-25(16-28(26)38-30)31-29(37-27)14-23(35-31)12-8-19-2-4-21(18-33)5-3-19;17-5-7-1-13-15(19-7)9-3-12-10(4-11(9)21-13)16-14(22-12)2-8(6-18)20-16;9-5-7-1-3-8(4-2-7)6-11-12-10;1-3-5-4-2;1-2;;/h2-17H;1-6H;1-4H,6H2;3-4H2,1-2H3;1H3;;/q;;;;;+1;-1/b12-8+,13-9+;;;;;;/i;;;;1D;;. The van der Waals surface area contributed by atoms with E-state index in [2.05, 4.69) is 76.1 Å². The summed E-state index contributed by atoms with van der Waals surface area (Å²) in [7, 11) is -1.32. The van der Waals surface area contributed by atoms with Gasteiger partial charge < -0.3 is 6.16 Å². The summed E-state index contributed by atoms with van der Waals surface area (Å²) in [6.45, 7) is 13.1. The van der Waals surface area contributed by atoms with E-state index in [-0.39, 0.29) is 39.7 Å². The topological polar surface area (TPSA) is 122 Å². The maximum Gasteiger partial charge on any atom is 1.00 e. The summed E-state index contributed by atoms with van der Waals surface area (Å²) < 4.78 is 50.2. The van der Waals surface area contributed by atoms with Crippen molar-refractivity contribution < 1.29 is 60.2 Å². The van der Waals surface area contributed by atoms with Crippen LogP contribution in [0.15, 0.2) is 121 Å². The quantitative estimate of drug-likeness (QED) is 0.0547. The Morgan fingerprint density at radius 3 is 1.24 bits per heavy atom. The largest absolute Gasteiger partial charge is 1.00 e. The molecule has 0 spiro atoms. The number of alkyl halides is 1. The number of hydrogen-bond donors (Lipinski definition) is 0. The van der Waals surface area contributed by atoms with Gasteiger partial charge in [0.25, 0.3) is 0 Å². The minimum Gasteiger partial charge on any atom is -1.00 e. The van der Waals surface area contributed by atoms with Gasteiger partial charge in [-0.25, -0.2) is 9.41 Å². The number of thiophene rings is 8. The van der Waals surface area contributed by atoms with Gasteiger partial charge in [0.1, 0.15) is 0 Å². The normalized spacial score (nSPS) is 11.2. The molecule has 0 aliphatic carbocycles. The fourth-order valence-corrected chi connectivity index (χ4v) is 18.0. The van der Waals surface area contributed by atoms with Crippen molar-refractivity contribution in [1.29, 1.82) is 10.5 Å². The van der Waals surface area contributed by atoms with Crippen LogP contribution < -0.4 is 29.6 Å². The van der Waals surface area contributed by atoms with Crippen molar-refractivity contribution >= 4 is 220 Å². The minimum absolute atomic E-state index is 0. The van der Waals surface area contributed by atoms with Crippen LogP contribution >= 0.6 is 99.4 Å². The molecule has 13 aromatic rings. The number of aldehydes is 2. The molecule has 0 saturated heterocycles. The smallest absolute Gasteiger partial charge is 1.00 e. The summed E-state index contributed by atoms with van der Waals surface area (Å²) in [5.74, 6) is 0. The van der Waals surface area contributed by atoms with E-state index in [0.29, 0.717) is 23.4 Å². The summed E-state index contributed by atoms with van der Waals surface area (Å²) in [5.41, 5.74) is 5.06. The molecule has 0 aliphatic rings. The average molecular weight is 1230 g/mol.